The molecule has 1 aliphatic carbocycles. The fourth-order valence-corrected chi connectivity index (χ4v) is 4.49. The molecule has 2 aromatic heterocycles. The number of fused-ring (bicyclic) bond motifs is 1. The highest BCUT2D eigenvalue weighted by molar-refractivity contribution is 5.82. The lowest BCUT2D eigenvalue weighted by Gasteiger charge is -2.40. The number of nitrogens with zero attached hydrogens (tertiary/aromatic N) is 2. The van der Waals surface area contributed by atoms with Crippen LogP contribution in [0.5, 0.6) is 0 Å². The van der Waals surface area contributed by atoms with Crippen LogP contribution in [0.2, 0.25) is 0 Å². The van der Waals surface area contributed by atoms with Crippen molar-refractivity contribution >= 4 is 12.0 Å². The molecule has 0 spiro atoms. The summed E-state index contributed by atoms with van der Waals surface area (Å²) in [5, 5.41) is 10.9. The summed E-state index contributed by atoms with van der Waals surface area (Å²) in [4.78, 5) is 20.8. The minimum atomic E-state index is -1.35. The molecule has 4 rings (SSSR count). The SMILES string of the molecule is CC1CCC2(O)C(=O)O[C@H](C)C2C1/C=C/c1ccc(-c2cccnc2)cn1. The number of cyclic esters (lactones) is 1. The molecule has 0 amide bonds. The zero-order valence-electron chi connectivity index (χ0n) is 15.6. The van der Waals surface area contributed by atoms with Crippen molar-refractivity contribution < 1.29 is 14.6 Å². The number of carbonyl (C=O) groups excluding carboxylic acids is 1. The van der Waals surface area contributed by atoms with E-state index in [1.807, 2.05) is 49.7 Å². The number of aromatic nitrogens is 2. The maximum atomic E-state index is 12.1. The molecule has 0 radical (unpaired) electrons. The van der Waals surface area contributed by atoms with Crippen LogP contribution in [0.15, 0.2) is 48.9 Å². The molecule has 1 saturated carbocycles. The van der Waals surface area contributed by atoms with E-state index in [-0.39, 0.29) is 17.9 Å². The highest BCUT2D eigenvalue weighted by Gasteiger charge is 2.59. The number of esters is 1. The van der Waals surface area contributed by atoms with Gasteiger partial charge in [-0.25, -0.2) is 4.79 Å². The zero-order chi connectivity index (χ0) is 19.0. The zero-order valence-corrected chi connectivity index (χ0v) is 15.6. The summed E-state index contributed by atoms with van der Waals surface area (Å²) in [5.41, 5.74) is 1.55. The normalized spacial score (nSPS) is 33.1. The quantitative estimate of drug-likeness (QED) is 0.844. The third-order valence-electron chi connectivity index (χ3n) is 6.03. The second-order valence-corrected chi connectivity index (χ2v) is 7.73. The molecule has 5 atom stereocenters. The summed E-state index contributed by atoms with van der Waals surface area (Å²) >= 11 is 0. The van der Waals surface area contributed by atoms with Gasteiger partial charge in [0, 0.05) is 35.6 Å². The Morgan fingerprint density at radius 3 is 2.74 bits per heavy atom. The fraction of sp³-hybridized carbons (Fsp3) is 0.409. The van der Waals surface area contributed by atoms with Crippen LogP contribution >= 0.6 is 0 Å². The Bertz CT molecular complexity index is 850. The van der Waals surface area contributed by atoms with Gasteiger partial charge in [-0.15, -0.1) is 0 Å². The van der Waals surface area contributed by atoms with Crippen LogP contribution in [0.25, 0.3) is 17.2 Å². The van der Waals surface area contributed by atoms with Crippen LogP contribution in [0, 0.1) is 17.8 Å². The Morgan fingerprint density at radius 1 is 1.22 bits per heavy atom. The van der Waals surface area contributed by atoms with Crippen molar-refractivity contribution in [2.75, 3.05) is 0 Å². The second-order valence-electron chi connectivity index (χ2n) is 7.73. The molecule has 1 N–H and O–H groups in total. The van der Waals surface area contributed by atoms with Crippen molar-refractivity contribution in [1.82, 2.24) is 9.97 Å². The lowest BCUT2D eigenvalue weighted by Crippen LogP contribution is -2.50. The average Bonchev–Trinajstić information content (AvgIpc) is 2.92. The smallest absolute Gasteiger partial charge is 0.338 e. The lowest BCUT2D eigenvalue weighted by atomic mass is 9.64. The van der Waals surface area contributed by atoms with Crippen LogP contribution in [0.3, 0.4) is 0 Å². The van der Waals surface area contributed by atoms with Gasteiger partial charge in [-0.1, -0.05) is 25.1 Å². The minimum Gasteiger partial charge on any atom is -0.460 e. The van der Waals surface area contributed by atoms with E-state index in [0.717, 1.165) is 23.2 Å². The van der Waals surface area contributed by atoms with Gasteiger partial charge in [-0.05, 0) is 49.8 Å². The van der Waals surface area contributed by atoms with Crippen molar-refractivity contribution in [2.24, 2.45) is 17.8 Å². The Labute approximate surface area is 159 Å². The van der Waals surface area contributed by atoms with Crippen LogP contribution < -0.4 is 0 Å². The summed E-state index contributed by atoms with van der Waals surface area (Å²) < 4.78 is 5.36. The molecule has 4 unspecified atom stereocenters. The third-order valence-corrected chi connectivity index (χ3v) is 6.03. The highest BCUT2D eigenvalue weighted by Crippen LogP contribution is 2.49. The van der Waals surface area contributed by atoms with Gasteiger partial charge in [0.2, 0.25) is 0 Å². The van der Waals surface area contributed by atoms with Gasteiger partial charge in [0.25, 0.3) is 0 Å². The summed E-state index contributed by atoms with van der Waals surface area (Å²) in [7, 11) is 0. The Morgan fingerprint density at radius 2 is 2.04 bits per heavy atom. The first kappa shape index (κ1) is 17.9. The number of ether oxygens (including phenoxy) is 1. The molecule has 1 aliphatic heterocycles. The number of allylic oxidation sites excluding steroid dienone is 1. The first-order valence-electron chi connectivity index (χ1n) is 9.47. The molecule has 5 heteroatoms. The summed E-state index contributed by atoms with van der Waals surface area (Å²) in [6.07, 6.45) is 10.5. The van der Waals surface area contributed by atoms with Gasteiger partial charge in [0.05, 0.1) is 5.69 Å². The molecule has 2 fully saturated rings. The van der Waals surface area contributed by atoms with Gasteiger partial charge in [0.1, 0.15) is 6.10 Å². The molecule has 3 heterocycles. The minimum absolute atomic E-state index is 0.0741. The van der Waals surface area contributed by atoms with E-state index < -0.39 is 11.6 Å². The predicted octanol–water partition coefficient (Wildman–Crippen LogP) is 3.50. The summed E-state index contributed by atoms with van der Waals surface area (Å²) in [5.74, 6) is -0.230. The summed E-state index contributed by atoms with van der Waals surface area (Å²) in [6.45, 7) is 4.05. The van der Waals surface area contributed by atoms with E-state index in [2.05, 4.69) is 23.0 Å². The second kappa shape index (κ2) is 6.89. The molecule has 140 valence electrons. The van der Waals surface area contributed by atoms with Gasteiger partial charge in [-0.3, -0.25) is 9.97 Å². The number of hydrogen-bond acceptors (Lipinski definition) is 5. The van der Waals surface area contributed by atoms with E-state index in [1.54, 1.807) is 6.20 Å². The number of hydrogen-bond donors (Lipinski definition) is 1. The number of pyridine rings is 2. The Balaban J connectivity index is 1.55. The molecule has 0 aromatic carbocycles. The number of rotatable bonds is 3. The Kier molecular flexibility index (Phi) is 4.56. The van der Waals surface area contributed by atoms with Gasteiger partial charge >= 0.3 is 5.97 Å². The molecule has 1 saturated heterocycles. The maximum absolute atomic E-state index is 12.1. The van der Waals surface area contributed by atoms with Crippen molar-refractivity contribution in [2.45, 2.75) is 38.4 Å². The topological polar surface area (TPSA) is 72.3 Å². The highest BCUT2D eigenvalue weighted by atomic mass is 16.6. The predicted molar refractivity (Wildman–Crippen MR) is 102 cm³/mol. The maximum Gasteiger partial charge on any atom is 0.338 e. The Hall–Kier alpha value is -2.53. The van der Waals surface area contributed by atoms with Crippen molar-refractivity contribution in [1.29, 1.82) is 0 Å². The number of carbonyl (C=O) groups is 1. The van der Waals surface area contributed by atoms with E-state index in [9.17, 15) is 9.90 Å². The van der Waals surface area contributed by atoms with Crippen LogP contribution in [0.1, 0.15) is 32.4 Å². The molecule has 2 aromatic rings. The lowest BCUT2D eigenvalue weighted by molar-refractivity contribution is -0.158. The third kappa shape index (κ3) is 3.16. The van der Waals surface area contributed by atoms with Crippen molar-refractivity contribution in [3.05, 3.63) is 54.6 Å². The monoisotopic (exact) mass is 364 g/mol. The molecule has 27 heavy (non-hydrogen) atoms. The molecular formula is C22H24N2O3. The molecule has 0 bridgehead atoms. The first-order valence-corrected chi connectivity index (χ1v) is 9.47. The standard InChI is InChI=1S/C22H24N2O3/c1-14-9-10-22(26)20(15(2)27-21(22)25)19(14)8-7-18-6-5-17(13-24-18)16-4-3-11-23-12-16/h3-8,11-15,19-20,26H,9-10H2,1-2H3/b8-7+/t14?,15-,19?,20?,22?/m1/s1. The van der Waals surface area contributed by atoms with E-state index in [0.29, 0.717) is 12.3 Å². The molecular weight excluding hydrogens is 340 g/mol. The summed E-state index contributed by atoms with van der Waals surface area (Å²) in [6, 6.07) is 7.90. The molecule has 2 aliphatic rings. The van der Waals surface area contributed by atoms with Gasteiger partial charge < -0.3 is 9.84 Å². The van der Waals surface area contributed by atoms with Crippen molar-refractivity contribution in [3.8, 4) is 11.1 Å². The average molecular weight is 364 g/mol. The molecule has 5 nitrogen and oxygen atoms in total. The van der Waals surface area contributed by atoms with Crippen LogP contribution in [-0.4, -0.2) is 32.7 Å². The van der Waals surface area contributed by atoms with Crippen LogP contribution in [-0.2, 0) is 9.53 Å². The van der Waals surface area contributed by atoms with Crippen LogP contribution in [0.4, 0.5) is 0 Å². The van der Waals surface area contributed by atoms with Crippen molar-refractivity contribution in [3.63, 3.8) is 0 Å². The number of aliphatic hydroxyl groups is 1. The largest absolute Gasteiger partial charge is 0.460 e. The van der Waals surface area contributed by atoms with Gasteiger partial charge in [0.15, 0.2) is 5.60 Å². The van der Waals surface area contributed by atoms with Gasteiger partial charge in [-0.2, -0.15) is 0 Å². The van der Waals surface area contributed by atoms with E-state index >= 15 is 0 Å². The fourth-order valence-electron chi connectivity index (χ4n) is 4.49. The van der Waals surface area contributed by atoms with E-state index in [4.69, 9.17) is 4.74 Å². The van der Waals surface area contributed by atoms with E-state index in [1.165, 1.54) is 0 Å². The first-order chi connectivity index (χ1) is 13.0.